The first kappa shape index (κ1) is 17.5. The van der Waals surface area contributed by atoms with Gasteiger partial charge in [0.2, 0.25) is 0 Å². The lowest BCUT2D eigenvalue weighted by Gasteiger charge is -2.17. The molecule has 114 valence electrons. The lowest BCUT2D eigenvalue weighted by molar-refractivity contribution is -0.135. The summed E-state index contributed by atoms with van der Waals surface area (Å²) in [6, 6.07) is 2.24. The quantitative estimate of drug-likeness (QED) is 0.411. The van der Waals surface area contributed by atoms with E-state index in [4.69, 9.17) is 23.2 Å². The molecular formula is C13H15Cl2F4N. The monoisotopic (exact) mass is 331 g/mol. The largest absolute Gasteiger partial charge is 0.389 e. The molecule has 0 amide bonds. The molecular weight excluding hydrogens is 317 g/mol. The number of hydrogen-bond donors (Lipinski definition) is 1. The van der Waals surface area contributed by atoms with Crippen LogP contribution < -0.4 is 5.32 Å². The van der Waals surface area contributed by atoms with Gasteiger partial charge in [-0.25, -0.2) is 4.39 Å². The van der Waals surface area contributed by atoms with E-state index >= 15 is 0 Å². The fourth-order valence-electron chi connectivity index (χ4n) is 1.81. The summed E-state index contributed by atoms with van der Waals surface area (Å²) >= 11 is 11.8. The third kappa shape index (κ3) is 5.46. The summed E-state index contributed by atoms with van der Waals surface area (Å²) in [5.74, 6) is -0.572. The number of nitrogens with one attached hydrogen (secondary N) is 1. The maximum Gasteiger partial charge on any atom is 0.389 e. The van der Waals surface area contributed by atoms with Crippen LogP contribution in [0.15, 0.2) is 12.1 Å². The van der Waals surface area contributed by atoms with Gasteiger partial charge in [-0.05, 0) is 38.4 Å². The molecule has 1 N–H and O–H groups in total. The number of rotatable bonds is 6. The zero-order chi connectivity index (χ0) is 15.3. The molecule has 20 heavy (non-hydrogen) atoms. The van der Waals surface area contributed by atoms with Crippen molar-refractivity contribution in [1.82, 2.24) is 5.32 Å². The fraction of sp³-hybridized carbons (Fsp3) is 0.538. The molecule has 0 aliphatic rings. The Hall–Kier alpha value is -0.520. The molecule has 0 saturated carbocycles. The minimum Gasteiger partial charge on any atom is -0.310 e. The Morgan fingerprint density at radius 3 is 2.45 bits per heavy atom. The van der Waals surface area contributed by atoms with Crippen molar-refractivity contribution in [2.75, 3.05) is 6.54 Å². The van der Waals surface area contributed by atoms with E-state index in [1.807, 2.05) is 0 Å². The van der Waals surface area contributed by atoms with Crippen molar-refractivity contribution in [2.24, 2.45) is 0 Å². The van der Waals surface area contributed by atoms with Crippen LogP contribution >= 0.6 is 23.2 Å². The molecule has 1 unspecified atom stereocenters. The summed E-state index contributed by atoms with van der Waals surface area (Å²) in [7, 11) is 0. The predicted octanol–water partition coefficient (Wildman–Crippen LogP) is 5.52. The lowest BCUT2D eigenvalue weighted by atomic mass is 10.1. The Bertz CT molecular complexity index is 449. The van der Waals surface area contributed by atoms with Gasteiger partial charge in [0, 0.05) is 23.0 Å². The molecule has 0 radical (unpaired) electrons. The summed E-state index contributed by atoms with van der Waals surface area (Å²) < 4.78 is 49.2. The van der Waals surface area contributed by atoms with E-state index in [9.17, 15) is 17.6 Å². The normalized spacial score (nSPS) is 13.6. The van der Waals surface area contributed by atoms with Gasteiger partial charge in [-0.2, -0.15) is 13.2 Å². The SMILES string of the molecule is CC(NCCCCC(F)(F)F)c1c(Cl)ccc(F)c1Cl. The predicted molar refractivity (Wildman–Crippen MR) is 72.7 cm³/mol. The maximum absolute atomic E-state index is 13.4. The highest BCUT2D eigenvalue weighted by Crippen LogP contribution is 2.32. The Kier molecular flexibility index (Phi) is 6.55. The summed E-state index contributed by atoms with van der Waals surface area (Å²) in [5.41, 5.74) is 0.421. The minimum absolute atomic E-state index is 0.0494. The highest BCUT2D eigenvalue weighted by atomic mass is 35.5. The van der Waals surface area contributed by atoms with Crippen molar-refractivity contribution in [3.05, 3.63) is 33.6 Å². The van der Waals surface area contributed by atoms with Crippen molar-refractivity contribution >= 4 is 23.2 Å². The molecule has 1 rings (SSSR count). The summed E-state index contributed by atoms with van der Waals surface area (Å²) in [6.45, 7) is 2.11. The van der Waals surface area contributed by atoms with Crippen molar-refractivity contribution < 1.29 is 17.6 Å². The van der Waals surface area contributed by atoms with Gasteiger partial charge in [-0.15, -0.1) is 0 Å². The highest BCUT2D eigenvalue weighted by molar-refractivity contribution is 6.36. The third-order valence-corrected chi connectivity index (χ3v) is 3.56. The molecule has 0 aliphatic heterocycles. The zero-order valence-corrected chi connectivity index (χ0v) is 12.3. The lowest BCUT2D eigenvalue weighted by Crippen LogP contribution is -2.21. The molecule has 0 saturated heterocycles. The Labute approximate surface area is 125 Å². The number of benzene rings is 1. The molecule has 1 aromatic rings. The van der Waals surface area contributed by atoms with Crippen molar-refractivity contribution in [2.45, 2.75) is 38.4 Å². The first-order chi connectivity index (χ1) is 9.22. The van der Waals surface area contributed by atoms with Gasteiger partial charge in [0.1, 0.15) is 5.82 Å². The van der Waals surface area contributed by atoms with Crippen LogP contribution in [-0.2, 0) is 0 Å². The van der Waals surface area contributed by atoms with Gasteiger partial charge in [0.25, 0.3) is 0 Å². The van der Waals surface area contributed by atoms with Gasteiger partial charge in [0.05, 0.1) is 5.02 Å². The van der Waals surface area contributed by atoms with Crippen LogP contribution in [0, 0.1) is 5.82 Å². The van der Waals surface area contributed by atoms with E-state index in [-0.39, 0.29) is 17.5 Å². The molecule has 7 heteroatoms. The number of alkyl halides is 3. The van der Waals surface area contributed by atoms with Gasteiger partial charge in [-0.3, -0.25) is 0 Å². The first-order valence-corrected chi connectivity index (χ1v) is 6.91. The van der Waals surface area contributed by atoms with Crippen LogP contribution in [0.5, 0.6) is 0 Å². The number of hydrogen-bond acceptors (Lipinski definition) is 1. The average Bonchev–Trinajstić information content (AvgIpc) is 2.32. The number of halogens is 6. The van der Waals surface area contributed by atoms with E-state index in [1.54, 1.807) is 6.92 Å². The maximum atomic E-state index is 13.4. The second-order valence-electron chi connectivity index (χ2n) is 4.50. The Morgan fingerprint density at radius 1 is 1.20 bits per heavy atom. The molecule has 0 aromatic heterocycles. The summed E-state index contributed by atoms with van der Waals surface area (Å²) in [4.78, 5) is 0. The molecule has 0 fully saturated rings. The molecule has 0 heterocycles. The van der Waals surface area contributed by atoms with E-state index in [1.165, 1.54) is 12.1 Å². The van der Waals surface area contributed by atoms with Crippen molar-refractivity contribution in [3.63, 3.8) is 0 Å². The molecule has 1 atom stereocenters. The topological polar surface area (TPSA) is 12.0 Å². The summed E-state index contributed by atoms with van der Waals surface area (Å²) in [6.07, 6.45) is -4.51. The Balaban J connectivity index is 2.48. The standard InChI is InChI=1S/C13H15Cl2F4N/c1-8(20-7-3-2-6-13(17,18)19)11-9(14)4-5-10(16)12(11)15/h4-5,8,20H,2-3,6-7H2,1H3. The van der Waals surface area contributed by atoms with Crippen molar-refractivity contribution in [3.8, 4) is 0 Å². The second kappa shape index (κ2) is 7.48. The molecule has 0 spiro atoms. The first-order valence-electron chi connectivity index (χ1n) is 6.16. The molecule has 1 nitrogen and oxygen atoms in total. The molecule has 0 bridgehead atoms. The van der Waals surface area contributed by atoms with Crippen LogP contribution in [0.25, 0.3) is 0 Å². The number of unbranched alkanes of at least 4 members (excludes halogenated alkanes) is 1. The van der Waals surface area contributed by atoms with Crippen LogP contribution in [0.4, 0.5) is 17.6 Å². The second-order valence-corrected chi connectivity index (χ2v) is 5.29. The van der Waals surface area contributed by atoms with E-state index in [2.05, 4.69) is 5.32 Å². The van der Waals surface area contributed by atoms with E-state index in [0.717, 1.165) is 0 Å². The van der Waals surface area contributed by atoms with Gasteiger partial charge >= 0.3 is 6.18 Å². The van der Waals surface area contributed by atoms with Crippen LogP contribution in [0.3, 0.4) is 0 Å². The van der Waals surface area contributed by atoms with Gasteiger partial charge in [0.15, 0.2) is 0 Å². The molecule has 1 aromatic carbocycles. The minimum atomic E-state index is -4.12. The van der Waals surface area contributed by atoms with E-state index < -0.39 is 18.4 Å². The van der Waals surface area contributed by atoms with Gasteiger partial charge in [-0.1, -0.05) is 23.2 Å². The zero-order valence-electron chi connectivity index (χ0n) is 10.8. The Morgan fingerprint density at radius 2 is 1.85 bits per heavy atom. The highest BCUT2D eigenvalue weighted by Gasteiger charge is 2.25. The summed E-state index contributed by atoms with van der Waals surface area (Å²) in [5, 5.41) is 3.25. The third-order valence-electron chi connectivity index (χ3n) is 2.85. The smallest absolute Gasteiger partial charge is 0.310 e. The molecule has 0 aliphatic carbocycles. The van der Waals surface area contributed by atoms with Crippen molar-refractivity contribution in [1.29, 1.82) is 0 Å². The fourth-order valence-corrected chi connectivity index (χ4v) is 2.51. The average molecular weight is 332 g/mol. The van der Waals surface area contributed by atoms with Gasteiger partial charge < -0.3 is 5.32 Å². The van der Waals surface area contributed by atoms with Crippen LogP contribution in [0.1, 0.15) is 37.8 Å². The van der Waals surface area contributed by atoms with E-state index in [0.29, 0.717) is 23.6 Å². The van der Waals surface area contributed by atoms with Crippen LogP contribution in [-0.4, -0.2) is 12.7 Å². The van der Waals surface area contributed by atoms with Crippen LogP contribution in [0.2, 0.25) is 10.0 Å².